The van der Waals surface area contributed by atoms with E-state index in [-0.39, 0.29) is 0 Å². The smallest absolute Gasteiger partial charge is 0.225 e. The summed E-state index contributed by atoms with van der Waals surface area (Å²) in [7, 11) is 3.53. The first-order valence-corrected chi connectivity index (χ1v) is 7.11. The standard InChI is InChI=1S/C17H18N4O/c1-18-16-14-5-3-4-6-15(14)20-17(21-16)19-11-12-7-9-13(22-2)10-8-12/h3-10H,11H2,1-2H3,(H2,18,19,20,21). The van der Waals surface area contributed by atoms with Crippen LogP contribution in [0.25, 0.3) is 10.9 Å². The van der Waals surface area contributed by atoms with Crippen LogP contribution in [0.1, 0.15) is 5.56 Å². The minimum absolute atomic E-state index is 0.610. The van der Waals surface area contributed by atoms with Gasteiger partial charge in [0.25, 0.3) is 0 Å². The monoisotopic (exact) mass is 294 g/mol. The number of para-hydroxylation sites is 1. The number of ether oxygens (including phenoxy) is 1. The van der Waals surface area contributed by atoms with Crippen molar-refractivity contribution in [2.45, 2.75) is 6.54 Å². The van der Waals surface area contributed by atoms with Gasteiger partial charge in [-0.3, -0.25) is 0 Å². The van der Waals surface area contributed by atoms with E-state index in [0.717, 1.165) is 28.0 Å². The fourth-order valence-corrected chi connectivity index (χ4v) is 2.27. The number of methoxy groups -OCH3 is 1. The molecule has 1 aromatic heterocycles. The van der Waals surface area contributed by atoms with Gasteiger partial charge in [0.05, 0.1) is 12.6 Å². The average Bonchev–Trinajstić information content (AvgIpc) is 2.59. The Morgan fingerprint density at radius 2 is 1.77 bits per heavy atom. The first-order valence-electron chi connectivity index (χ1n) is 7.11. The maximum Gasteiger partial charge on any atom is 0.225 e. The Bertz CT molecular complexity index is 771. The molecule has 0 unspecified atom stereocenters. The lowest BCUT2D eigenvalue weighted by atomic mass is 10.2. The fourth-order valence-electron chi connectivity index (χ4n) is 2.27. The predicted octanol–water partition coefficient (Wildman–Crippen LogP) is 3.29. The van der Waals surface area contributed by atoms with E-state index in [1.807, 2.05) is 55.6 Å². The van der Waals surface area contributed by atoms with Crippen molar-refractivity contribution in [3.8, 4) is 5.75 Å². The van der Waals surface area contributed by atoms with Crippen LogP contribution in [0.5, 0.6) is 5.75 Å². The molecule has 2 N–H and O–H groups in total. The van der Waals surface area contributed by atoms with E-state index >= 15 is 0 Å². The summed E-state index contributed by atoms with van der Waals surface area (Å²) < 4.78 is 5.16. The zero-order chi connectivity index (χ0) is 15.4. The molecule has 0 bridgehead atoms. The second kappa shape index (κ2) is 6.30. The van der Waals surface area contributed by atoms with Gasteiger partial charge in [-0.25, -0.2) is 4.98 Å². The molecule has 0 radical (unpaired) electrons. The molecule has 3 aromatic rings. The summed E-state index contributed by atoms with van der Waals surface area (Å²) in [5, 5.41) is 7.39. The molecule has 0 spiro atoms. The zero-order valence-electron chi connectivity index (χ0n) is 12.6. The molecule has 112 valence electrons. The van der Waals surface area contributed by atoms with Gasteiger partial charge in [-0.05, 0) is 29.8 Å². The van der Waals surface area contributed by atoms with Gasteiger partial charge in [-0.15, -0.1) is 0 Å². The Morgan fingerprint density at radius 1 is 1.00 bits per heavy atom. The van der Waals surface area contributed by atoms with Gasteiger partial charge in [0.15, 0.2) is 0 Å². The quantitative estimate of drug-likeness (QED) is 0.756. The molecule has 0 aliphatic rings. The van der Waals surface area contributed by atoms with E-state index in [9.17, 15) is 0 Å². The van der Waals surface area contributed by atoms with Crippen LogP contribution in [0.15, 0.2) is 48.5 Å². The number of fused-ring (bicyclic) bond motifs is 1. The molecule has 0 amide bonds. The second-order valence-electron chi connectivity index (χ2n) is 4.86. The summed E-state index contributed by atoms with van der Waals surface area (Å²) in [6, 6.07) is 15.9. The molecular weight excluding hydrogens is 276 g/mol. The second-order valence-corrected chi connectivity index (χ2v) is 4.86. The Morgan fingerprint density at radius 3 is 2.50 bits per heavy atom. The normalized spacial score (nSPS) is 10.5. The highest BCUT2D eigenvalue weighted by molar-refractivity contribution is 5.89. The molecule has 1 heterocycles. The number of hydrogen-bond acceptors (Lipinski definition) is 5. The van der Waals surface area contributed by atoms with E-state index in [1.54, 1.807) is 7.11 Å². The van der Waals surface area contributed by atoms with Gasteiger partial charge in [0.1, 0.15) is 11.6 Å². The lowest BCUT2D eigenvalue weighted by molar-refractivity contribution is 0.414. The van der Waals surface area contributed by atoms with Gasteiger partial charge in [0, 0.05) is 19.0 Å². The molecule has 0 atom stereocenters. The maximum atomic E-state index is 5.16. The van der Waals surface area contributed by atoms with E-state index in [2.05, 4.69) is 20.6 Å². The molecule has 0 saturated heterocycles. The van der Waals surface area contributed by atoms with Crippen molar-refractivity contribution in [2.24, 2.45) is 0 Å². The van der Waals surface area contributed by atoms with E-state index in [0.29, 0.717) is 12.5 Å². The molecule has 0 aliphatic heterocycles. The van der Waals surface area contributed by atoms with Gasteiger partial charge < -0.3 is 15.4 Å². The minimum atomic E-state index is 0.610. The van der Waals surface area contributed by atoms with Gasteiger partial charge in [-0.1, -0.05) is 24.3 Å². The van der Waals surface area contributed by atoms with E-state index < -0.39 is 0 Å². The van der Waals surface area contributed by atoms with Crippen LogP contribution in [-0.4, -0.2) is 24.1 Å². The van der Waals surface area contributed by atoms with Crippen LogP contribution in [-0.2, 0) is 6.54 Å². The van der Waals surface area contributed by atoms with Crippen molar-refractivity contribution < 1.29 is 4.74 Å². The topological polar surface area (TPSA) is 59.1 Å². The third-order valence-electron chi connectivity index (χ3n) is 3.45. The Labute approximate surface area is 129 Å². The maximum absolute atomic E-state index is 5.16. The summed E-state index contributed by atoms with van der Waals surface area (Å²) in [6.07, 6.45) is 0. The van der Waals surface area contributed by atoms with Crippen LogP contribution >= 0.6 is 0 Å². The molecule has 2 aromatic carbocycles. The van der Waals surface area contributed by atoms with E-state index in [1.165, 1.54) is 0 Å². The third-order valence-corrected chi connectivity index (χ3v) is 3.45. The summed E-state index contributed by atoms with van der Waals surface area (Å²) >= 11 is 0. The molecule has 0 fully saturated rings. The van der Waals surface area contributed by atoms with Crippen LogP contribution in [0.4, 0.5) is 11.8 Å². The highest BCUT2D eigenvalue weighted by Gasteiger charge is 2.05. The Kier molecular flexibility index (Phi) is 4.05. The number of nitrogens with one attached hydrogen (secondary N) is 2. The first-order chi connectivity index (χ1) is 10.8. The molecule has 5 nitrogen and oxygen atoms in total. The summed E-state index contributed by atoms with van der Waals surface area (Å²) in [4.78, 5) is 9.06. The van der Waals surface area contributed by atoms with Crippen LogP contribution in [0.2, 0.25) is 0 Å². The molecule has 0 saturated carbocycles. The lowest BCUT2D eigenvalue weighted by Crippen LogP contribution is -2.06. The number of benzene rings is 2. The molecule has 22 heavy (non-hydrogen) atoms. The van der Waals surface area contributed by atoms with E-state index in [4.69, 9.17) is 4.74 Å². The Balaban J connectivity index is 1.81. The number of aromatic nitrogens is 2. The van der Waals surface area contributed by atoms with Crippen LogP contribution in [0.3, 0.4) is 0 Å². The molecule has 5 heteroatoms. The predicted molar refractivity (Wildman–Crippen MR) is 89.4 cm³/mol. The summed E-state index contributed by atoms with van der Waals surface area (Å²) in [5.74, 6) is 2.28. The van der Waals surface area contributed by atoms with Crippen molar-refractivity contribution in [3.05, 3.63) is 54.1 Å². The first kappa shape index (κ1) is 14.1. The SMILES string of the molecule is CNc1nc(NCc2ccc(OC)cc2)nc2ccccc12. The van der Waals surface area contributed by atoms with Crippen molar-refractivity contribution in [2.75, 3.05) is 24.8 Å². The van der Waals surface area contributed by atoms with Crippen LogP contribution < -0.4 is 15.4 Å². The minimum Gasteiger partial charge on any atom is -0.497 e. The largest absolute Gasteiger partial charge is 0.497 e. The van der Waals surface area contributed by atoms with Crippen LogP contribution in [0, 0.1) is 0 Å². The van der Waals surface area contributed by atoms with Crippen molar-refractivity contribution in [3.63, 3.8) is 0 Å². The highest BCUT2D eigenvalue weighted by atomic mass is 16.5. The Hall–Kier alpha value is -2.82. The highest BCUT2D eigenvalue weighted by Crippen LogP contribution is 2.21. The number of nitrogens with zero attached hydrogens (tertiary/aromatic N) is 2. The number of rotatable bonds is 5. The fraction of sp³-hybridized carbons (Fsp3) is 0.176. The summed E-state index contributed by atoms with van der Waals surface area (Å²) in [6.45, 7) is 0.658. The number of hydrogen-bond donors (Lipinski definition) is 2. The lowest BCUT2D eigenvalue weighted by Gasteiger charge is -2.10. The third kappa shape index (κ3) is 2.93. The van der Waals surface area contributed by atoms with Crippen molar-refractivity contribution in [1.29, 1.82) is 0 Å². The average molecular weight is 294 g/mol. The molecule has 0 aliphatic carbocycles. The van der Waals surface area contributed by atoms with Crippen molar-refractivity contribution >= 4 is 22.7 Å². The van der Waals surface area contributed by atoms with Crippen molar-refractivity contribution in [1.82, 2.24) is 9.97 Å². The number of anilines is 2. The van der Waals surface area contributed by atoms with Gasteiger partial charge >= 0.3 is 0 Å². The zero-order valence-corrected chi connectivity index (χ0v) is 12.6. The summed E-state index contributed by atoms with van der Waals surface area (Å²) in [5.41, 5.74) is 2.06. The molecular formula is C17H18N4O. The van der Waals surface area contributed by atoms with Gasteiger partial charge in [0.2, 0.25) is 5.95 Å². The van der Waals surface area contributed by atoms with Gasteiger partial charge in [-0.2, -0.15) is 4.98 Å². The molecule has 3 rings (SSSR count).